The summed E-state index contributed by atoms with van der Waals surface area (Å²) in [6, 6.07) is 14.7. The minimum Gasteiger partial charge on any atom is -0.221 e. The summed E-state index contributed by atoms with van der Waals surface area (Å²) < 4.78 is 25.0. The third-order valence-electron chi connectivity index (χ3n) is 2.67. The summed E-state index contributed by atoms with van der Waals surface area (Å²) in [4.78, 5) is 0.656. The number of rotatable bonds is 3. The molecule has 0 fully saturated rings. The first-order chi connectivity index (χ1) is 8.55. The molecular weight excluding hydrogens is 351 g/mol. The first kappa shape index (κ1) is 17.6. The molecule has 0 atom stereocenters. The zero-order valence-electron chi connectivity index (χ0n) is 10.9. The molecule has 2 nitrogen and oxygen atoms in total. The normalized spacial score (nSPS) is 10.8. The first-order valence-electron chi connectivity index (χ1n) is 5.42. The van der Waals surface area contributed by atoms with Crippen molar-refractivity contribution >= 4 is 25.8 Å². The minimum atomic E-state index is -3.45. The van der Waals surface area contributed by atoms with Crippen molar-refractivity contribution < 1.29 is 59.8 Å². The van der Waals surface area contributed by atoms with Gasteiger partial charge in [0.2, 0.25) is 0 Å². The Bertz CT molecular complexity index is 651. The van der Waals surface area contributed by atoms with Crippen LogP contribution < -0.4 is 51.4 Å². The molecule has 0 radical (unpaired) electrons. The molecule has 0 aliphatic carbocycles. The van der Waals surface area contributed by atoms with Crippen molar-refractivity contribution in [1.82, 2.24) is 0 Å². The molecule has 0 saturated carbocycles. The number of hydrogen-bond donors (Lipinski definition) is 0. The predicted molar refractivity (Wildman–Crippen MR) is 74.5 cm³/mol. The van der Waals surface area contributed by atoms with Gasteiger partial charge in [-0.2, -0.15) is 24.3 Å². The number of hydrogen-bond acceptors (Lipinski definition) is 2. The molecule has 0 N–H and O–H groups in total. The topological polar surface area (TPSA) is 34.1 Å². The molecule has 94 valence electrons. The number of benzene rings is 2. The zero-order chi connectivity index (χ0) is 13.2. The first-order valence-corrected chi connectivity index (χ1v) is 8.03. The molecule has 0 bridgehead atoms. The van der Waals surface area contributed by atoms with Crippen LogP contribution in [0.5, 0.6) is 0 Å². The zero-order valence-corrected chi connectivity index (χ0v) is 16.4. The Kier molecular flexibility index (Phi) is 6.93. The summed E-state index contributed by atoms with van der Waals surface area (Å²) in [7, 11) is -3.45. The van der Waals surface area contributed by atoms with Gasteiger partial charge in [-0.05, 0) is 29.3 Å². The van der Waals surface area contributed by atoms with Gasteiger partial charge in [-0.3, -0.25) is 0 Å². The third kappa shape index (κ3) is 4.00. The number of halogens is 1. The fraction of sp³-hybridized carbons (Fsp3) is 0.143. The maximum atomic E-state index is 12.5. The molecule has 2 rings (SSSR count). The van der Waals surface area contributed by atoms with E-state index < -0.39 is 9.84 Å². The van der Waals surface area contributed by atoms with Crippen LogP contribution >= 0.6 is 15.9 Å². The van der Waals surface area contributed by atoms with Gasteiger partial charge in [0.25, 0.3) is 0 Å². The van der Waals surface area contributed by atoms with Gasteiger partial charge in [-0.15, -0.1) is 21.5 Å². The Labute approximate surface area is 165 Å². The Balaban J connectivity index is 0.00000180. The minimum absolute atomic E-state index is 0. The van der Waals surface area contributed by atoms with Gasteiger partial charge in [0.1, 0.15) is 0 Å². The number of aryl methyl sites for hydroxylation is 1. The standard InChI is InChI=1S/C14H12BrO2S.K/c1-11-6-8-13(9-7-11)18(16,17)14-5-3-2-4-12(14)10-15;/h3-9H,10H2,1H3;/q-1;+1. The fourth-order valence-corrected chi connectivity index (χ4v) is 3.78. The SMILES string of the molecule is Cc1ccc(S(=O)(=O)c2cc[c-]cc2CBr)cc1.[K+]. The Morgan fingerprint density at radius 2 is 1.79 bits per heavy atom. The molecule has 0 unspecified atom stereocenters. The summed E-state index contributed by atoms with van der Waals surface area (Å²) in [5.41, 5.74) is 1.76. The van der Waals surface area contributed by atoms with Gasteiger partial charge in [0.05, 0.1) is 4.90 Å². The van der Waals surface area contributed by atoms with E-state index in [2.05, 4.69) is 22.0 Å². The van der Waals surface area contributed by atoms with Crippen LogP contribution in [0.15, 0.2) is 52.3 Å². The summed E-state index contributed by atoms with van der Waals surface area (Å²) in [5, 5.41) is 0.491. The summed E-state index contributed by atoms with van der Waals surface area (Å²) >= 11 is 3.30. The number of alkyl halides is 1. The maximum Gasteiger partial charge on any atom is 1.00 e. The molecule has 19 heavy (non-hydrogen) atoms. The predicted octanol–water partition coefficient (Wildman–Crippen LogP) is 0.527. The third-order valence-corrected chi connectivity index (χ3v) is 5.14. The Morgan fingerprint density at radius 3 is 2.37 bits per heavy atom. The monoisotopic (exact) mass is 362 g/mol. The van der Waals surface area contributed by atoms with E-state index in [1.54, 1.807) is 42.5 Å². The van der Waals surface area contributed by atoms with E-state index in [1.807, 2.05) is 6.92 Å². The van der Waals surface area contributed by atoms with Gasteiger partial charge in [-0.1, -0.05) is 17.7 Å². The van der Waals surface area contributed by atoms with Crippen molar-refractivity contribution in [2.75, 3.05) is 0 Å². The van der Waals surface area contributed by atoms with Crippen LogP contribution in [0.4, 0.5) is 0 Å². The molecule has 2 aromatic carbocycles. The smallest absolute Gasteiger partial charge is 0.221 e. The van der Waals surface area contributed by atoms with E-state index in [0.717, 1.165) is 11.1 Å². The van der Waals surface area contributed by atoms with Crippen molar-refractivity contribution in [1.29, 1.82) is 0 Å². The summed E-state index contributed by atoms with van der Waals surface area (Å²) in [6.07, 6.45) is 0. The second kappa shape index (κ2) is 7.50. The number of sulfone groups is 1. The van der Waals surface area contributed by atoms with Crippen LogP contribution in [0.2, 0.25) is 0 Å². The van der Waals surface area contributed by atoms with E-state index in [9.17, 15) is 8.42 Å². The molecule has 5 heteroatoms. The maximum absolute atomic E-state index is 12.5. The van der Waals surface area contributed by atoms with Crippen molar-refractivity contribution in [3.8, 4) is 0 Å². The van der Waals surface area contributed by atoms with Crippen LogP contribution in [0.1, 0.15) is 11.1 Å². The van der Waals surface area contributed by atoms with Gasteiger partial charge < -0.3 is 0 Å². The molecule has 0 amide bonds. The van der Waals surface area contributed by atoms with Crippen molar-refractivity contribution in [2.45, 2.75) is 22.0 Å². The molecular formula is C14H12BrKO2S. The largest absolute Gasteiger partial charge is 1.00 e. The second-order valence-corrected chi connectivity index (χ2v) is 6.46. The van der Waals surface area contributed by atoms with E-state index in [1.165, 1.54) is 0 Å². The van der Waals surface area contributed by atoms with Crippen LogP contribution in [0.25, 0.3) is 0 Å². The second-order valence-electron chi connectivity index (χ2n) is 3.98. The van der Waals surface area contributed by atoms with Gasteiger partial charge >= 0.3 is 51.4 Å². The Morgan fingerprint density at radius 1 is 1.16 bits per heavy atom. The molecule has 0 saturated heterocycles. The van der Waals surface area contributed by atoms with Crippen LogP contribution in [0.3, 0.4) is 0 Å². The van der Waals surface area contributed by atoms with Gasteiger partial charge in [0, 0.05) is 0 Å². The average molecular weight is 363 g/mol. The molecule has 0 aliphatic heterocycles. The van der Waals surface area contributed by atoms with Crippen LogP contribution in [0, 0.1) is 13.0 Å². The average Bonchev–Trinajstić information content (AvgIpc) is 2.39. The molecule has 0 aliphatic rings. The van der Waals surface area contributed by atoms with E-state index in [4.69, 9.17) is 0 Å². The van der Waals surface area contributed by atoms with E-state index in [0.29, 0.717) is 15.1 Å². The molecule has 0 aromatic heterocycles. The molecule has 0 heterocycles. The quantitative estimate of drug-likeness (QED) is 0.453. The van der Waals surface area contributed by atoms with Crippen LogP contribution in [-0.2, 0) is 15.2 Å². The van der Waals surface area contributed by atoms with Crippen molar-refractivity contribution in [2.24, 2.45) is 0 Å². The van der Waals surface area contributed by atoms with Crippen molar-refractivity contribution in [3.05, 3.63) is 59.7 Å². The summed E-state index contributed by atoms with van der Waals surface area (Å²) in [6.45, 7) is 1.93. The summed E-state index contributed by atoms with van der Waals surface area (Å²) in [5.74, 6) is 0. The molecule has 0 spiro atoms. The molecule has 2 aromatic rings. The van der Waals surface area contributed by atoms with Crippen LogP contribution in [-0.4, -0.2) is 8.42 Å². The van der Waals surface area contributed by atoms with Gasteiger partial charge in [-0.25, -0.2) is 8.42 Å². The Hall–Kier alpha value is 0.506. The van der Waals surface area contributed by atoms with Crippen molar-refractivity contribution in [3.63, 3.8) is 0 Å². The van der Waals surface area contributed by atoms with Gasteiger partial charge in [0.15, 0.2) is 9.84 Å². The van der Waals surface area contributed by atoms with E-state index in [-0.39, 0.29) is 51.4 Å². The van der Waals surface area contributed by atoms with E-state index >= 15 is 0 Å². The fourth-order valence-electron chi connectivity index (χ4n) is 1.66.